The van der Waals surface area contributed by atoms with E-state index in [4.69, 9.17) is 0 Å². The van der Waals surface area contributed by atoms with E-state index in [0.29, 0.717) is 6.07 Å². The first-order valence-corrected chi connectivity index (χ1v) is 10.1. The number of carbonyl (C=O) groups is 2. The summed E-state index contributed by atoms with van der Waals surface area (Å²) in [6.45, 7) is 0. The van der Waals surface area contributed by atoms with E-state index in [9.17, 15) is 35.5 Å². The molecular weight excluding hydrogens is 439 g/mol. The first kappa shape index (κ1) is 25.2. The Morgan fingerprint density at radius 2 is 1.41 bits per heavy atom. The van der Waals surface area contributed by atoms with Crippen LogP contribution in [0, 0.1) is 6.07 Å². The third-order valence-corrected chi connectivity index (χ3v) is 5.33. The zero-order valence-electron chi connectivity index (χ0n) is 15.4. The first-order valence-electron chi connectivity index (χ1n) is 7.23. The Kier molecular flexibility index (Phi) is 8.13. The van der Waals surface area contributed by atoms with Crippen molar-refractivity contribution in [2.75, 3.05) is 14.2 Å². The van der Waals surface area contributed by atoms with Crippen molar-refractivity contribution in [2.45, 2.75) is 9.79 Å². The quantitative estimate of drug-likeness (QED) is 0.230. The molecule has 2 aromatic carbocycles. The van der Waals surface area contributed by atoms with Crippen LogP contribution in [-0.4, -0.2) is 52.1 Å². The average Bonchev–Trinajstić information content (AvgIpc) is 2.64. The first-order chi connectivity index (χ1) is 12.9. The summed E-state index contributed by atoms with van der Waals surface area (Å²) in [6.07, 6.45) is 0. The van der Waals surface area contributed by atoms with E-state index in [1.54, 1.807) is 0 Å². The van der Waals surface area contributed by atoms with Crippen LogP contribution in [0.3, 0.4) is 0 Å². The summed E-state index contributed by atoms with van der Waals surface area (Å²) in [6, 6.07) is 7.54. The van der Waals surface area contributed by atoms with E-state index in [1.807, 2.05) is 0 Å². The van der Waals surface area contributed by atoms with Crippen LogP contribution in [0.5, 0.6) is 0 Å². The molecule has 29 heavy (non-hydrogen) atoms. The molecule has 0 unspecified atom stereocenters. The van der Waals surface area contributed by atoms with Gasteiger partial charge in [-0.05, 0) is 22.8 Å². The second-order valence-corrected chi connectivity index (χ2v) is 8.01. The van der Waals surface area contributed by atoms with Crippen LogP contribution in [0.4, 0.5) is 0 Å². The summed E-state index contributed by atoms with van der Waals surface area (Å²) in [5.74, 6) is -2.26. The fourth-order valence-electron chi connectivity index (χ4n) is 2.40. The summed E-state index contributed by atoms with van der Waals surface area (Å²) in [5, 5.41) is 0. The zero-order valence-corrected chi connectivity index (χ0v) is 19.0. The fraction of sp³-hybridized carbons (Fsp3) is 0.125. The van der Waals surface area contributed by atoms with Crippen molar-refractivity contribution in [1.29, 1.82) is 0 Å². The Morgan fingerprint density at radius 3 is 1.90 bits per heavy atom. The number of benzene rings is 2. The van der Waals surface area contributed by atoms with Crippen LogP contribution in [0.2, 0.25) is 0 Å². The molecule has 0 aliphatic rings. The third-order valence-electron chi connectivity index (χ3n) is 3.54. The van der Waals surface area contributed by atoms with Crippen molar-refractivity contribution in [3.63, 3.8) is 0 Å². The molecule has 0 radical (unpaired) electrons. The smallest absolute Gasteiger partial charge is 0.500 e. The normalized spacial score (nSPS) is 11.3. The van der Waals surface area contributed by atoms with Gasteiger partial charge in [0, 0.05) is 4.90 Å². The maximum Gasteiger partial charge on any atom is 1.00 e. The zero-order chi connectivity index (χ0) is 21.3. The van der Waals surface area contributed by atoms with Gasteiger partial charge >= 0.3 is 29.6 Å². The Bertz CT molecular complexity index is 1170. The number of hydrogen-bond donors (Lipinski definition) is 2. The molecule has 2 rings (SSSR count). The molecule has 0 aliphatic heterocycles. The summed E-state index contributed by atoms with van der Waals surface area (Å²) in [7, 11) is -8.00. The van der Waals surface area contributed by atoms with Gasteiger partial charge in [-0.15, -0.1) is 6.07 Å². The number of carbonyl (C=O) groups excluding carboxylic acids is 2. The van der Waals surface area contributed by atoms with Crippen molar-refractivity contribution < 1.29 is 74.6 Å². The molecular formula is C16H13NaO10S2. The van der Waals surface area contributed by atoms with Crippen molar-refractivity contribution in [3.05, 3.63) is 47.5 Å². The Labute approximate surface area is 188 Å². The summed E-state index contributed by atoms with van der Waals surface area (Å²) in [4.78, 5) is 22.3. The van der Waals surface area contributed by atoms with Gasteiger partial charge < -0.3 is 9.47 Å². The van der Waals surface area contributed by atoms with E-state index >= 15 is 0 Å². The van der Waals surface area contributed by atoms with Crippen LogP contribution in [0.15, 0.2) is 40.1 Å². The number of methoxy groups -OCH3 is 2. The SMILES string of the molecule is COC(=O)c1[c-]c(C(=O)OC)c(-c2ccccc2S(=O)(=O)O)c(S(=O)(=O)O)c1.[Na+]. The number of ether oxygens (including phenoxy) is 2. The molecule has 10 nitrogen and oxygen atoms in total. The van der Waals surface area contributed by atoms with Crippen molar-refractivity contribution >= 4 is 32.2 Å². The van der Waals surface area contributed by atoms with Gasteiger partial charge in [-0.2, -0.15) is 16.8 Å². The van der Waals surface area contributed by atoms with Crippen LogP contribution in [0.25, 0.3) is 11.1 Å². The number of esters is 2. The van der Waals surface area contributed by atoms with Crippen molar-refractivity contribution in [2.24, 2.45) is 0 Å². The Hall–Kier alpha value is -1.80. The van der Waals surface area contributed by atoms with Gasteiger partial charge in [-0.3, -0.25) is 18.7 Å². The molecule has 0 bridgehead atoms. The molecule has 0 aromatic heterocycles. The molecule has 0 amide bonds. The minimum Gasteiger partial charge on any atom is -0.500 e. The van der Waals surface area contributed by atoms with E-state index in [1.165, 1.54) is 12.1 Å². The van der Waals surface area contributed by atoms with Gasteiger partial charge in [-0.1, -0.05) is 29.8 Å². The van der Waals surface area contributed by atoms with Crippen molar-refractivity contribution in [3.8, 4) is 11.1 Å². The summed E-state index contributed by atoms with van der Waals surface area (Å²) in [5.41, 5.74) is -2.28. The van der Waals surface area contributed by atoms with Gasteiger partial charge in [0.15, 0.2) is 0 Å². The van der Waals surface area contributed by atoms with E-state index < -0.39 is 64.2 Å². The Balaban J connectivity index is 0.00000420. The molecule has 0 aliphatic carbocycles. The second-order valence-electron chi connectivity index (χ2n) is 5.23. The molecule has 0 spiro atoms. The monoisotopic (exact) mass is 452 g/mol. The third kappa shape index (κ3) is 5.42. The second kappa shape index (κ2) is 9.34. The minimum absolute atomic E-state index is 0. The summed E-state index contributed by atoms with van der Waals surface area (Å²) < 4.78 is 75.4. The number of rotatable bonds is 5. The minimum atomic E-state index is -5.08. The molecule has 13 heteroatoms. The van der Waals surface area contributed by atoms with Gasteiger partial charge in [0.25, 0.3) is 32.2 Å². The van der Waals surface area contributed by atoms with E-state index in [2.05, 4.69) is 15.5 Å². The van der Waals surface area contributed by atoms with Crippen LogP contribution in [-0.2, 0) is 29.7 Å². The number of hydrogen-bond acceptors (Lipinski definition) is 8. The molecule has 0 fully saturated rings. The van der Waals surface area contributed by atoms with Crippen molar-refractivity contribution in [1.82, 2.24) is 0 Å². The predicted octanol–water partition coefficient (Wildman–Crippen LogP) is -1.78. The molecule has 0 atom stereocenters. The topological polar surface area (TPSA) is 161 Å². The molecule has 2 N–H and O–H groups in total. The molecule has 0 heterocycles. The van der Waals surface area contributed by atoms with Crippen LogP contribution in [0.1, 0.15) is 20.7 Å². The van der Waals surface area contributed by atoms with E-state index in [-0.39, 0.29) is 29.6 Å². The molecule has 0 saturated carbocycles. The van der Waals surface area contributed by atoms with Gasteiger partial charge in [0.2, 0.25) is 0 Å². The molecule has 0 saturated heterocycles. The Morgan fingerprint density at radius 1 is 0.897 bits per heavy atom. The average molecular weight is 452 g/mol. The van der Waals surface area contributed by atoms with Gasteiger partial charge in [0.05, 0.1) is 19.1 Å². The van der Waals surface area contributed by atoms with Crippen LogP contribution < -0.4 is 29.6 Å². The standard InChI is InChI=1S/C16H13O10S2.Na/c1-25-15(17)9-7-11(16(18)26-2)14(13(8-9)28(22,23)24)10-5-3-4-6-12(10)27(19,20)21;/h3-6,8H,1-2H3,(H,19,20,21)(H,22,23,24);/q-1;+1. The predicted molar refractivity (Wildman–Crippen MR) is 93.0 cm³/mol. The largest absolute Gasteiger partial charge is 1.00 e. The van der Waals surface area contributed by atoms with Gasteiger partial charge in [0.1, 0.15) is 0 Å². The molecule has 150 valence electrons. The summed E-state index contributed by atoms with van der Waals surface area (Å²) >= 11 is 0. The van der Waals surface area contributed by atoms with E-state index in [0.717, 1.165) is 26.4 Å². The van der Waals surface area contributed by atoms with Gasteiger partial charge in [-0.25, -0.2) is 0 Å². The van der Waals surface area contributed by atoms with Crippen LogP contribution >= 0.6 is 0 Å². The molecule has 2 aromatic rings. The fourth-order valence-corrected chi connectivity index (χ4v) is 3.84. The maximum atomic E-state index is 12.2. The maximum absolute atomic E-state index is 12.2.